The van der Waals surface area contributed by atoms with E-state index in [9.17, 15) is 10.2 Å². The number of hydrogen-bond acceptors (Lipinski definition) is 2. The molecule has 0 spiro atoms. The summed E-state index contributed by atoms with van der Waals surface area (Å²) in [6.07, 6.45) is 0.356. The smallest absolute Gasteiger partial charge is 0.0553 e. The molecule has 0 atom stereocenters. The van der Waals surface area contributed by atoms with E-state index in [1.54, 1.807) is 18.2 Å². The zero-order valence-corrected chi connectivity index (χ0v) is 14.3. The highest BCUT2D eigenvalue weighted by atomic mass is 79.9. The van der Waals surface area contributed by atoms with Crippen LogP contribution in [0.1, 0.15) is 11.1 Å². The Hall–Kier alpha value is -0.580. The maximum absolute atomic E-state index is 9.90. The van der Waals surface area contributed by atoms with E-state index in [-0.39, 0.29) is 13.2 Å². The molecule has 0 aliphatic rings. The van der Waals surface area contributed by atoms with E-state index in [1.807, 2.05) is 24.3 Å². The standard InChI is InChI=1S/C16H15BrCl2O2/c17-12-4-1-3-11(7-12)16(9-20,10-21)8-13-14(18)5-2-6-15(13)19/h1-7,20-21H,8-10H2. The third-order valence-electron chi connectivity index (χ3n) is 3.62. The van der Waals surface area contributed by atoms with Gasteiger partial charge in [0, 0.05) is 19.9 Å². The normalized spacial score (nSPS) is 11.7. The lowest BCUT2D eigenvalue weighted by Crippen LogP contribution is -2.37. The number of rotatable bonds is 5. The summed E-state index contributed by atoms with van der Waals surface area (Å²) >= 11 is 15.8. The van der Waals surface area contributed by atoms with Crippen LogP contribution in [-0.2, 0) is 11.8 Å². The molecule has 0 saturated heterocycles. The van der Waals surface area contributed by atoms with Crippen LogP contribution in [0.5, 0.6) is 0 Å². The Labute approximate surface area is 142 Å². The van der Waals surface area contributed by atoms with E-state index in [2.05, 4.69) is 15.9 Å². The Kier molecular flexibility index (Phi) is 5.69. The van der Waals surface area contributed by atoms with E-state index in [4.69, 9.17) is 23.2 Å². The molecular formula is C16H15BrCl2O2. The van der Waals surface area contributed by atoms with Gasteiger partial charge in [0.05, 0.1) is 13.2 Å². The third kappa shape index (κ3) is 3.61. The summed E-state index contributed by atoms with van der Waals surface area (Å²) in [7, 11) is 0. The monoisotopic (exact) mass is 388 g/mol. The predicted octanol–water partition coefficient (Wildman–Crippen LogP) is 4.22. The zero-order valence-electron chi connectivity index (χ0n) is 11.2. The molecule has 5 heteroatoms. The summed E-state index contributed by atoms with van der Waals surface area (Å²) in [6, 6.07) is 12.8. The van der Waals surface area contributed by atoms with Crippen molar-refractivity contribution in [1.82, 2.24) is 0 Å². The predicted molar refractivity (Wildman–Crippen MR) is 90.2 cm³/mol. The lowest BCUT2D eigenvalue weighted by atomic mass is 9.77. The van der Waals surface area contributed by atoms with Gasteiger partial charge in [0.1, 0.15) is 0 Å². The Balaban J connectivity index is 2.48. The van der Waals surface area contributed by atoms with Gasteiger partial charge in [-0.1, -0.05) is 57.3 Å². The van der Waals surface area contributed by atoms with Crippen molar-refractivity contribution >= 4 is 39.1 Å². The molecule has 0 fully saturated rings. The van der Waals surface area contributed by atoms with E-state index < -0.39 is 5.41 Å². The summed E-state index contributed by atoms with van der Waals surface area (Å²) in [5.74, 6) is 0. The molecule has 2 aromatic carbocycles. The molecule has 0 amide bonds. The molecule has 0 saturated carbocycles. The Bertz CT molecular complexity index is 607. The van der Waals surface area contributed by atoms with Crippen molar-refractivity contribution < 1.29 is 10.2 Å². The molecule has 0 unspecified atom stereocenters. The van der Waals surface area contributed by atoms with Crippen LogP contribution in [0.15, 0.2) is 46.9 Å². The van der Waals surface area contributed by atoms with Crippen LogP contribution in [0.25, 0.3) is 0 Å². The van der Waals surface area contributed by atoms with Crippen molar-refractivity contribution in [2.24, 2.45) is 0 Å². The van der Waals surface area contributed by atoms with Crippen LogP contribution >= 0.6 is 39.1 Å². The third-order valence-corrected chi connectivity index (χ3v) is 4.82. The van der Waals surface area contributed by atoms with Crippen molar-refractivity contribution in [3.8, 4) is 0 Å². The molecule has 2 N–H and O–H groups in total. The molecule has 0 aliphatic heterocycles. The van der Waals surface area contributed by atoms with Gasteiger partial charge in [0.15, 0.2) is 0 Å². The number of hydrogen-bond donors (Lipinski definition) is 2. The van der Waals surface area contributed by atoms with Crippen LogP contribution in [0.3, 0.4) is 0 Å². The molecule has 0 bridgehead atoms. The lowest BCUT2D eigenvalue weighted by molar-refractivity contribution is 0.116. The zero-order chi connectivity index (χ0) is 15.5. The minimum atomic E-state index is -0.835. The second kappa shape index (κ2) is 7.12. The van der Waals surface area contributed by atoms with Gasteiger partial charge in [0.25, 0.3) is 0 Å². The molecule has 2 aromatic rings. The first-order valence-corrected chi connectivity index (χ1v) is 7.98. The summed E-state index contributed by atoms with van der Waals surface area (Å²) in [4.78, 5) is 0. The number of halogens is 3. The van der Waals surface area contributed by atoms with Crippen molar-refractivity contribution in [3.63, 3.8) is 0 Å². The minimum Gasteiger partial charge on any atom is -0.395 e. The first kappa shape index (κ1) is 16.8. The number of benzene rings is 2. The maximum Gasteiger partial charge on any atom is 0.0553 e. The molecule has 2 nitrogen and oxygen atoms in total. The highest BCUT2D eigenvalue weighted by Gasteiger charge is 2.33. The van der Waals surface area contributed by atoms with Crippen molar-refractivity contribution in [3.05, 3.63) is 68.1 Å². The highest BCUT2D eigenvalue weighted by Crippen LogP contribution is 2.35. The molecule has 0 heterocycles. The van der Waals surface area contributed by atoms with Crippen molar-refractivity contribution in [1.29, 1.82) is 0 Å². The topological polar surface area (TPSA) is 40.5 Å². The Morgan fingerprint density at radius 1 is 0.952 bits per heavy atom. The molecule has 0 aromatic heterocycles. The van der Waals surface area contributed by atoms with Crippen LogP contribution in [-0.4, -0.2) is 23.4 Å². The summed E-state index contributed by atoms with van der Waals surface area (Å²) in [5.41, 5.74) is 0.722. The van der Waals surface area contributed by atoms with Crippen LogP contribution in [0, 0.1) is 0 Å². The molecule has 2 rings (SSSR count). The van der Waals surface area contributed by atoms with Gasteiger partial charge >= 0.3 is 0 Å². The van der Waals surface area contributed by atoms with E-state index >= 15 is 0 Å². The SMILES string of the molecule is OCC(CO)(Cc1c(Cl)cccc1Cl)c1cccc(Br)c1. The van der Waals surface area contributed by atoms with Gasteiger partial charge < -0.3 is 10.2 Å². The van der Waals surface area contributed by atoms with Crippen LogP contribution in [0.2, 0.25) is 10.0 Å². The van der Waals surface area contributed by atoms with Gasteiger partial charge in [0.2, 0.25) is 0 Å². The average molecular weight is 390 g/mol. The van der Waals surface area contributed by atoms with Gasteiger partial charge in [-0.05, 0) is 41.8 Å². The minimum absolute atomic E-state index is 0.207. The van der Waals surface area contributed by atoms with Crippen LogP contribution < -0.4 is 0 Å². The fourth-order valence-corrected chi connectivity index (χ4v) is 3.23. The van der Waals surface area contributed by atoms with E-state index in [1.165, 1.54) is 0 Å². The molecule has 21 heavy (non-hydrogen) atoms. The average Bonchev–Trinajstić information content (AvgIpc) is 2.48. The van der Waals surface area contributed by atoms with E-state index in [0.29, 0.717) is 16.5 Å². The summed E-state index contributed by atoms with van der Waals surface area (Å²) in [6.45, 7) is -0.414. The van der Waals surface area contributed by atoms with Crippen molar-refractivity contribution in [2.75, 3.05) is 13.2 Å². The highest BCUT2D eigenvalue weighted by molar-refractivity contribution is 9.10. The molecule has 0 radical (unpaired) electrons. The van der Waals surface area contributed by atoms with Crippen LogP contribution in [0.4, 0.5) is 0 Å². The van der Waals surface area contributed by atoms with Gasteiger partial charge in [-0.3, -0.25) is 0 Å². The summed E-state index contributed by atoms with van der Waals surface area (Å²) in [5, 5.41) is 20.9. The van der Waals surface area contributed by atoms with Gasteiger partial charge in [-0.2, -0.15) is 0 Å². The number of aliphatic hydroxyl groups excluding tert-OH is 2. The second-order valence-electron chi connectivity index (χ2n) is 4.98. The maximum atomic E-state index is 9.90. The first-order valence-electron chi connectivity index (χ1n) is 6.43. The molecular weight excluding hydrogens is 375 g/mol. The van der Waals surface area contributed by atoms with Gasteiger partial charge in [-0.25, -0.2) is 0 Å². The number of aliphatic hydroxyl groups is 2. The quantitative estimate of drug-likeness (QED) is 0.803. The van der Waals surface area contributed by atoms with E-state index in [0.717, 1.165) is 15.6 Å². The largest absolute Gasteiger partial charge is 0.395 e. The fraction of sp³-hybridized carbons (Fsp3) is 0.250. The molecule has 0 aliphatic carbocycles. The first-order chi connectivity index (χ1) is 10.0. The second-order valence-corrected chi connectivity index (χ2v) is 6.71. The fourth-order valence-electron chi connectivity index (χ4n) is 2.30. The van der Waals surface area contributed by atoms with Crippen molar-refractivity contribution in [2.45, 2.75) is 11.8 Å². The Morgan fingerprint density at radius 3 is 2.05 bits per heavy atom. The van der Waals surface area contributed by atoms with Gasteiger partial charge in [-0.15, -0.1) is 0 Å². The summed E-state index contributed by atoms with van der Waals surface area (Å²) < 4.78 is 0.886. The molecule has 112 valence electrons. The Morgan fingerprint density at radius 2 is 1.52 bits per heavy atom. The lowest BCUT2D eigenvalue weighted by Gasteiger charge is -2.31.